The molecule has 4 rings (SSSR count). The van der Waals surface area contributed by atoms with Crippen LogP contribution in [0.4, 0.5) is 5.69 Å². The van der Waals surface area contributed by atoms with Gasteiger partial charge in [0.05, 0.1) is 17.0 Å². The third-order valence-electron chi connectivity index (χ3n) is 4.51. The lowest BCUT2D eigenvalue weighted by atomic mass is 9.83. The number of nitrogens with one attached hydrogen (secondary N) is 2. The van der Waals surface area contributed by atoms with Crippen molar-refractivity contribution in [3.8, 4) is 0 Å². The van der Waals surface area contributed by atoms with E-state index >= 15 is 0 Å². The van der Waals surface area contributed by atoms with E-state index in [9.17, 15) is 19.2 Å². The Kier molecular flexibility index (Phi) is 4.85. The van der Waals surface area contributed by atoms with Crippen LogP contribution >= 0.6 is 11.8 Å². The second kappa shape index (κ2) is 7.48. The number of thioether (sulfide) groups is 1. The van der Waals surface area contributed by atoms with Gasteiger partial charge in [-0.3, -0.25) is 19.2 Å². The second-order valence-corrected chi connectivity index (χ2v) is 7.26. The van der Waals surface area contributed by atoms with Crippen molar-refractivity contribution in [1.82, 2.24) is 9.97 Å². The van der Waals surface area contributed by atoms with E-state index in [1.54, 1.807) is 42.5 Å². The van der Waals surface area contributed by atoms with Gasteiger partial charge in [-0.1, -0.05) is 36.4 Å². The summed E-state index contributed by atoms with van der Waals surface area (Å²) in [5.74, 6) is -0.423. The van der Waals surface area contributed by atoms with Gasteiger partial charge in [-0.15, -0.1) is 0 Å². The highest BCUT2D eigenvalue weighted by Gasteiger charge is 2.31. The van der Waals surface area contributed by atoms with Crippen LogP contribution in [-0.2, 0) is 5.75 Å². The number of hydrogen-bond acceptors (Lipinski definition) is 6. The van der Waals surface area contributed by atoms with Crippen LogP contribution in [0.5, 0.6) is 0 Å². The number of benzene rings is 2. The van der Waals surface area contributed by atoms with Gasteiger partial charge in [0.25, 0.3) is 11.5 Å². The molecule has 0 unspecified atom stereocenters. The van der Waals surface area contributed by atoms with E-state index in [1.165, 1.54) is 11.8 Å². The molecule has 0 spiro atoms. The Morgan fingerprint density at radius 3 is 2.41 bits per heavy atom. The molecule has 0 atom stereocenters. The third kappa shape index (κ3) is 3.38. The number of aromatic nitrogens is 2. The molecule has 0 saturated carbocycles. The van der Waals surface area contributed by atoms with Gasteiger partial charge in [0.1, 0.15) is 11.5 Å². The smallest absolute Gasteiger partial charge is 0.274 e. The summed E-state index contributed by atoms with van der Waals surface area (Å²) in [7, 11) is 0. The molecule has 0 saturated heterocycles. The van der Waals surface area contributed by atoms with Crippen molar-refractivity contribution in [2.45, 2.75) is 5.75 Å². The number of hydrogen-bond donors (Lipinski definition) is 2. The van der Waals surface area contributed by atoms with Crippen molar-refractivity contribution in [3.05, 3.63) is 92.7 Å². The predicted molar refractivity (Wildman–Crippen MR) is 110 cm³/mol. The van der Waals surface area contributed by atoms with E-state index in [0.29, 0.717) is 22.7 Å². The first kappa shape index (κ1) is 18.8. The lowest BCUT2D eigenvalue weighted by Crippen LogP contribution is -2.25. The molecule has 1 heterocycles. The number of carbonyl (C=O) groups excluding carboxylic acids is 3. The molecule has 1 aromatic heterocycles. The zero-order valence-electron chi connectivity index (χ0n) is 15.3. The molecular weight excluding hydrogens is 390 g/mol. The summed E-state index contributed by atoms with van der Waals surface area (Å²) in [6.07, 6.45) is 1.85. The number of ketones is 2. The summed E-state index contributed by atoms with van der Waals surface area (Å²) >= 11 is 1.45. The largest absolute Gasteiger partial charge is 0.320 e. The third-order valence-corrected chi connectivity index (χ3v) is 5.07. The fourth-order valence-corrected chi connectivity index (χ4v) is 3.68. The first-order valence-electron chi connectivity index (χ1n) is 8.71. The van der Waals surface area contributed by atoms with Crippen LogP contribution in [0.15, 0.2) is 53.3 Å². The minimum atomic E-state index is -0.633. The normalized spacial score (nSPS) is 12.3. The lowest BCUT2D eigenvalue weighted by Gasteiger charge is -2.20. The number of aromatic amines is 1. The van der Waals surface area contributed by atoms with E-state index in [4.69, 9.17) is 0 Å². The first-order valence-corrected chi connectivity index (χ1v) is 10.1. The molecule has 7 nitrogen and oxygen atoms in total. The quantitative estimate of drug-likeness (QED) is 0.540. The maximum Gasteiger partial charge on any atom is 0.274 e. The van der Waals surface area contributed by atoms with Crippen molar-refractivity contribution in [2.75, 3.05) is 11.6 Å². The summed E-state index contributed by atoms with van der Waals surface area (Å²) in [5.41, 5.74) is 0.700. The minimum Gasteiger partial charge on any atom is -0.320 e. The molecule has 144 valence electrons. The van der Waals surface area contributed by atoms with Crippen molar-refractivity contribution < 1.29 is 14.4 Å². The highest BCUT2D eigenvalue weighted by molar-refractivity contribution is 7.97. The van der Waals surface area contributed by atoms with Gasteiger partial charge in [-0.2, -0.15) is 11.8 Å². The molecule has 29 heavy (non-hydrogen) atoms. The Bertz CT molecular complexity index is 1230. The Hall–Kier alpha value is -3.52. The maximum atomic E-state index is 13.0. The van der Waals surface area contributed by atoms with Crippen molar-refractivity contribution >= 4 is 34.9 Å². The number of anilines is 1. The molecule has 0 bridgehead atoms. The van der Waals surface area contributed by atoms with Gasteiger partial charge in [-0.05, 0) is 12.3 Å². The van der Waals surface area contributed by atoms with E-state index < -0.39 is 11.5 Å². The Morgan fingerprint density at radius 1 is 1.00 bits per heavy atom. The monoisotopic (exact) mass is 405 g/mol. The Balaban J connectivity index is 1.73. The van der Waals surface area contributed by atoms with Gasteiger partial charge in [0.2, 0.25) is 0 Å². The van der Waals surface area contributed by atoms with Crippen molar-refractivity contribution in [2.24, 2.45) is 0 Å². The van der Waals surface area contributed by atoms with Gasteiger partial charge < -0.3 is 10.3 Å². The van der Waals surface area contributed by atoms with Gasteiger partial charge in [0, 0.05) is 22.8 Å². The van der Waals surface area contributed by atoms with Gasteiger partial charge in [-0.25, -0.2) is 4.98 Å². The molecule has 2 N–H and O–H groups in total. The lowest BCUT2D eigenvalue weighted by molar-refractivity contribution is 0.0978. The Labute approximate surface area is 169 Å². The minimum absolute atomic E-state index is 0.0645. The number of amides is 1. The van der Waals surface area contributed by atoms with Gasteiger partial charge in [0.15, 0.2) is 11.6 Å². The molecule has 0 aliphatic heterocycles. The number of H-pyrrole nitrogens is 1. The second-order valence-electron chi connectivity index (χ2n) is 6.40. The van der Waals surface area contributed by atoms with Crippen LogP contribution in [0.25, 0.3) is 0 Å². The van der Waals surface area contributed by atoms with E-state index in [1.807, 2.05) is 6.26 Å². The standard InChI is InChI=1S/C21H15N3O4S/c1-29-10-16-22-15(9-17(25)24-16)21(28)23-14-8-4-7-13-18(14)20(27)12-6-3-2-5-11(12)19(13)26/h2-9H,10H2,1H3,(H,23,28)(H,22,24,25). The summed E-state index contributed by atoms with van der Waals surface area (Å²) < 4.78 is 0. The highest BCUT2D eigenvalue weighted by Crippen LogP contribution is 2.32. The number of fused-ring (bicyclic) bond motifs is 2. The average Bonchev–Trinajstić information content (AvgIpc) is 2.72. The fourth-order valence-electron chi connectivity index (χ4n) is 3.27. The molecule has 1 aliphatic carbocycles. The van der Waals surface area contributed by atoms with Crippen LogP contribution < -0.4 is 10.9 Å². The fraction of sp³-hybridized carbons (Fsp3) is 0.0952. The molecular formula is C21H15N3O4S. The summed E-state index contributed by atoms with van der Waals surface area (Å²) in [6.45, 7) is 0. The number of carbonyl (C=O) groups is 3. The van der Waals surface area contributed by atoms with E-state index in [-0.39, 0.29) is 34.1 Å². The molecule has 1 aliphatic rings. The Morgan fingerprint density at radius 2 is 1.69 bits per heavy atom. The van der Waals surface area contributed by atoms with Crippen LogP contribution in [0.1, 0.15) is 48.2 Å². The average molecular weight is 405 g/mol. The topological polar surface area (TPSA) is 109 Å². The van der Waals surface area contributed by atoms with Gasteiger partial charge >= 0.3 is 0 Å². The summed E-state index contributed by atoms with van der Waals surface area (Å²) in [4.78, 5) is 57.1. The highest BCUT2D eigenvalue weighted by atomic mass is 32.2. The number of rotatable bonds is 4. The maximum absolute atomic E-state index is 13.0. The zero-order chi connectivity index (χ0) is 20.5. The SMILES string of the molecule is CSCc1nc(C(=O)Nc2cccc3c2C(=O)c2ccccc2C3=O)cc(=O)[nH]1. The molecule has 3 aromatic rings. The van der Waals surface area contributed by atoms with Crippen LogP contribution in [-0.4, -0.2) is 33.7 Å². The zero-order valence-corrected chi connectivity index (χ0v) is 16.1. The van der Waals surface area contributed by atoms with Crippen LogP contribution in [0.3, 0.4) is 0 Å². The number of nitrogens with zero attached hydrogens (tertiary/aromatic N) is 1. The van der Waals surface area contributed by atoms with Crippen molar-refractivity contribution in [3.63, 3.8) is 0 Å². The van der Waals surface area contributed by atoms with Crippen molar-refractivity contribution in [1.29, 1.82) is 0 Å². The molecule has 2 aromatic carbocycles. The first-order chi connectivity index (χ1) is 14.0. The molecule has 0 fully saturated rings. The predicted octanol–water partition coefficient (Wildman–Crippen LogP) is 2.66. The summed E-state index contributed by atoms with van der Waals surface area (Å²) in [6, 6.07) is 12.4. The van der Waals surface area contributed by atoms with Crippen LogP contribution in [0.2, 0.25) is 0 Å². The van der Waals surface area contributed by atoms with Crippen LogP contribution in [0, 0.1) is 0 Å². The van der Waals surface area contributed by atoms with E-state index in [0.717, 1.165) is 6.07 Å². The molecule has 8 heteroatoms. The molecule has 0 radical (unpaired) electrons. The molecule has 1 amide bonds. The van der Waals surface area contributed by atoms with E-state index in [2.05, 4.69) is 15.3 Å². The summed E-state index contributed by atoms with van der Waals surface area (Å²) in [5, 5.41) is 2.63.